The third-order valence-electron chi connectivity index (χ3n) is 8.53. The van der Waals surface area contributed by atoms with E-state index in [9.17, 15) is 18.8 Å². The number of nitrogens with one attached hydrogen (secondary N) is 2. The van der Waals surface area contributed by atoms with E-state index < -0.39 is 35.0 Å². The van der Waals surface area contributed by atoms with Crippen molar-refractivity contribution in [2.75, 3.05) is 44.4 Å². The second kappa shape index (κ2) is 12.8. The molecule has 11 nitrogen and oxygen atoms in total. The minimum atomic E-state index is -1.30. The highest BCUT2D eigenvalue weighted by molar-refractivity contribution is 6.16. The molecule has 47 heavy (non-hydrogen) atoms. The van der Waals surface area contributed by atoms with Crippen molar-refractivity contribution in [3.63, 3.8) is 0 Å². The Balaban J connectivity index is 1.15. The van der Waals surface area contributed by atoms with E-state index in [0.717, 1.165) is 12.6 Å². The first kappa shape index (κ1) is 31.7. The summed E-state index contributed by atoms with van der Waals surface area (Å²) in [5, 5.41) is 5.74. The third-order valence-corrected chi connectivity index (χ3v) is 8.53. The van der Waals surface area contributed by atoms with Gasteiger partial charge in [0.25, 0.3) is 0 Å². The summed E-state index contributed by atoms with van der Waals surface area (Å²) >= 11 is 0. The molecule has 2 N–H and O–H groups in total. The molecule has 0 radical (unpaired) electrons. The molecule has 1 atom stereocenters. The van der Waals surface area contributed by atoms with Crippen LogP contribution in [0.15, 0.2) is 66.9 Å². The van der Waals surface area contributed by atoms with Crippen LogP contribution < -0.4 is 24.8 Å². The quantitative estimate of drug-likeness (QED) is 0.231. The summed E-state index contributed by atoms with van der Waals surface area (Å²) in [5.41, 5.74) is -0.369. The van der Waals surface area contributed by atoms with Crippen LogP contribution in [0.25, 0.3) is 10.9 Å². The van der Waals surface area contributed by atoms with Crippen molar-refractivity contribution < 1.29 is 37.4 Å². The number of aromatic nitrogens is 1. The molecule has 244 valence electrons. The van der Waals surface area contributed by atoms with Crippen molar-refractivity contribution in [2.24, 2.45) is 5.41 Å². The Morgan fingerprint density at radius 1 is 0.872 bits per heavy atom. The van der Waals surface area contributed by atoms with E-state index in [2.05, 4.69) is 20.5 Å². The van der Waals surface area contributed by atoms with E-state index in [-0.39, 0.29) is 34.7 Å². The fourth-order valence-corrected chi connectivity index (χ4v) is 5.33. The fraction of sp³-hybridized carbons (Fsp3) is 0.294. The molecule has 2 aliphatic rings. The lowest BCUT2D eigenvalue weighted by atomic mass is 10.0. The van der Waals surface area contributed by atoms with Crippen molar-refractivity contribution in [1.29, 1.82) is 0 Å². The van der Waals surface area contributed by atoms with E-state index in [1.54, 1.807) is 23.1 Å². The van der Waals surface area contributed by atoms with Gasteiger partial charge in [0.15, 0.2) is 23.1 Å². The number of carbonyl (C=O) groups excluding carboxylic acids is 3. The lowest BCUT2D eigenvalue weighted by molar-refractivity contribution is -0.131. The minimum absolute atomic E-state index is 0.121. The first-order valence-electron chi connectivity index (χ1n) is 15.1. The predicted molar refractivity (Wildman–Crippen MR) is 170 cm³/mol. The minimum Gasteiger partial charge on any atom is -0.493 e. The smallest absolute Gasteiger partial charge is 0.415 e. The van der Waals surface area contributed by atoms with Gasteiger partial charge in [-0.15, -0.1) is 0 Å². The Hall–Kier alpha value is -5.30. The number of carbonyl (C=O) groups is 3. The number of anilines is 2. The van der Waals surface area contributed by atoms with Gasteiger partial charge in [0.1, 0.15) is 17.0 Å². The summed E-state index contributed by atoms with van der Waals surface area (Å²) in [6, 6.07) is 14.1. The van der Waals surface area contributed by atoms with Gasteiger partial charge in [-0.25, -0.2) is 13.6 Å². The summed E-state index contributed by atoms with van der Waals surface area (Å²) < 4.78 is 45.6. The normalized spacial score (nSPS) is 17.1. The third kappa shape index (κ3) is 6.66. The number of halogens is 2. The van der Waals surface area contributed by atoms with Crippen LogP contribution in [-0.2, 0) is 9.59 Å². The van der Waals surface area contributed by atoms with Crippen molar-refractivity contribution >= 4 is 40.2 Å². The van der Waals surface area contributed by atoms with E-state index in [1.165, 1.54) is 49.7 Å². The standard InChI is InChI=1S/C34H33F2N5O6/c1-20-19-41(15-14-40(20)2)33(44)47-30-18-26-24(17-29(30)45-3)27(10-13-37-26)46-28-9-8-23(16-25(28)36)39-32(43)34(11-12-34)31(42)38-22-6-4-21(35)5-7-22/h4-10,13,16-18,20H,11-12,14-15,19H2,1-3H3,(H,38,42)(H,39,43)/t20-/m0/s1. The average Bonchev–Trinajstić information content (AvgIpc) is 3.87. The van der Waals surface area contributed by atoms with Crippen LogP contribution in [0.1, 0.15) is 19.8 Å². The molecule has 6 rings (SSSR count). The second-order valence-corrected chi connectivity index (χ2v) is 11.7. The Bertz CT molecular complexity index is 1850. The molecule has 2 heterocycles. The van der Waals surface area contributed by atoms with Crippen LogP contribution in [0.4, 0.5) is 25.0 Å². The molecule has 0 spiro atoms. The summed E-state index contributed by atoms with van der Waals surface area (Å²) in [7, 11) is 3.45. The fourth-order valence-electron chi connectivity index (χ4n) is 5.33. The van der Waals surface area contributed by atoms with E-state index in [1.807, 2.05) is 14.0 Å². The molecule has 1 saturated heterocycles. The molecule has 0 bridgehead atoms. The first-order chi connectivity index (χ1) is 22.6. The molecule has 4 aromatic rings. The zero-order valence-electron chi connectivity index (χ0n) is 26.0. The van der Waals surface area contributed by atoms with Crippen molar-refractivity contribution in [2.45, 2.75) is 25.8 Å². The number of amides is 3. The average molecular weight is 646 g/mol. The monoisotopic (exact) mass is 645 g/mol. The summed E-state index contributed by atoms with van der Waals surface area (Å²) in [4.78, 5) is 47.0. The summed E-state index contributed by atoms with van der Waals surface area (Å²) in [5.74, 6) is -1.70. The molecule has 2 fully saturated rings. The molecule has 1 aliphatic heterocycles. The molecule has 1 saturated carbocycles. The molecule has 1 aromatic heterocycles. The van der Waals surface area contributed by atoms with Gasteiger partial charge < -0.3 is 34.6 Å². The number of fused-ring (bicyclic) bond motifs is 1. The van der Waals surface area contributed by atoms with Crippen LogP contribution in [-0.4, -0.2) is 72.5 Å². The van der Waals surface area contributed by atoms with Crippen LogP contribution in [0.3, 0.4) is 0 Å². The number of methoxy groups -OCH3 is 1. The summed E-state index contributed by atoms with van der Waals surface area (Å²) in [6.07, 6.45) is 1.63. The number of rotatable bonds is 8. The van der Waals surface area contributed by atoms with Crippen molar-refractivity contribution in [3.8, 4) is 23.0 Å². The molecule has 3 aromatic carbocycles. The number of hydrogen-bond donors (Lipinski definition) is 2. The highest BCUT2D eigenvalue weighted by atomic mass is 19.1. The maximum absolute atomic E-state index is 15.3. The molecule has 0 unspecified atom stereocenters. The number of benzene rings is 3. The van der Waals surface area contributed by atoms with E-state index in [4.69, 9.17) is 14.2 Å². The first-order valence-corrected chi connectivity index (χ1v) is 15.1. The molecule has 3 amide bonds. The highest BCUT2D eigenvalue weighted by Crippen LogP contribution is 2.47. The number of nitrogens with zero attached hydrogens (tertiary/aromatic N) is 3. The number of hydrogen-bond acceptors (Lipinski definition) is 8. The number of piperazine rings is 1. The maximum Gasteiger partial charge on any atom is 0.415 e. The van der Waals surface area contributed by atoms with E-state index >= 15 is 4.39 Å². The van der Waals surface area contributed by atoms with Gasteiger partial charge in [0.05, 0.1) is 12.6 Å². The van der Waals surface area contributed by atoms with Gasteiger partial charge in [-0.2, -0.15) is 0 Å². The van der Waals surface area contributed by atoms with Crippen molar-refractivity contribution in [1.82, 2.24) is 14.8 Å². The van der Waals surface area contributed by atoms with Crippen LogP contribution in [0.5, 0.6) is 23.0 Å². The van der Waals surface area contributed by atoms with E-state index in [0.29, 0.717) is 42.5 Å². The van der Waals surface area contributed by atoms with Crippen LogP contribution in [0, 0.1) is 17.0 Å². The lowest BCUT2D eigenvalue weighted by Gasteiger charge is -2.36. The highest BCUT2D eigenvalue weighted by Gasteiger charge is 2.56. The lowest BCUT2D eigenvalue weighted by Crippen LogP contribution is -2.52. The Morgan fingerprint density at radius 3 is 2.23 bits per heavy atom. The van der Waals surface area contributed by atoms with Crippen molar-refractivity contribution in [3.05, 3.63) is 78.5 Å². The number of ether oxygens (including phenoxy) is 3. The molecular formula is C34H33F2N5O6. The van der Waals surface area contributed by atoms with Gasteiger partial charge in [0.2, 0.25) is 11.8 Å². The second-order valence-electron chi connectivity index (χ2n) is 11.7. The zero-order chi connectivity index (χ0) is 33.3. The Kier molecular flexibility index (Phi) is 8.65. The SMILES string of the molecule is COc1cc2c(Oc3ccc(NC(=O)C4(C(=O)Nc5ccc(F)cc5)CC4)cc3F)ccnc2cc1OC(=O)N1CCN(C)[C@@H](C)C1. The van der Waals surface area contributed by atoms with Gasteiger partial charge in [-0.1, -0.05) is 0 Å². The Morgan fingerprint density at radius 2 is 1.57 bits per heavy atom. The summed E-state index contributed by atoms with van der Waals surface area (Å²) in [6.45, 7) is 3.84. The zero-order valence-corrected chi connectivity index (χ0v) is 26.0. The predicted octanol–water partition coefficient (Wildman–Crippen LogP) is 5.81. The molecule has 1 aliphatic carbocycles. The number of pyridine rings is 1. The molecular weight excluding hydrogens is 612 g/mol. The topological polar surface area (TPSA) is 122 Å². The van der Waals surface area contributed by atoms with Gasteiger partial charge >= 0.3 is 6.09 Å². The largest absolute Gasteiger partial charge is 0.493 e. The van der Waals surface area contributed by atoms with Gasteiger partial charge in [0, 0.05) is 60.8 Å². The van der Waals surface area contributed by atoms with Gasteiger partial charge in [-0.3, -0.25) is 14.6 Å². The molecule has 13 heteroatoms. The van der Waals surface area contributed by atoms with Gasteiger partial charge in [-0.05, 0) is 75.3 Å². The maximum atomic E-state index is 15.3. The van der Waals surface area contributed by atoms with Crippen LogP contribution in [0.2, 0.25) is 0 Å². The Labute approximate surface area is 269 Å². The number of likely N-dealkylation sites (N-methyl/N-ethyl adjacent to an activating group) is 1. The van der Waals surface area contributed by atoms with Crippen LogP contribution >= 0.6 is 0 Å².